The van der Waals surface area contributed by atoms with Gasteiger partial charge in [-0.2, -0.15) is 0 Å². The van der Waals surface area contributed by atoms with Crippen molar-refractivity contribution in [1.29, 1.82) is 0 Å². The van der Waals surface area contributed by atoms with Gasteiger partial charge in [-0.05, 0) is 97.1 Å². The van der Waals surface area contributed by atoms with Crippen molar-refractivity contribution in [2.24, 2.45) is 0 Å². The van der Waals surface area contributed by atoms with Gasteiger partial charge in [0.1, 0.15) is 0 Å². The first-order valence-electron chi connectivity index (χ1n) is 17.5. The predicted octanol–water partition coefficient (Wildman–Crippen LogP) is 14.1. The lowest BCUT2D eigenvalue weighted by atomic mass is 9.89. The van der Waals surface area contributed by atoms with Gasteiger partial charge in [-0.3, -0.25) is 0 Å². The molecule has 0 bridgehead atoms. The second-order valence-electron chi connectivity index (χ2n) is 12.9. The maximum absolute atomic E-state index is 2.39. The van der Waals surface area contributed by atoms with E-state index >= 15 is 0 Å². The van der Waals surface area contributed by atoms with Crippen molar-refractivity contribution in [3.05, 3.63) is 212 Å². The number of rotatable bonds is 7. The van der Waals surface area contributed by atoms with Gasteiger partial charge in [0.25, 0.3) is 0 Å². The standard InChI is InChI=1S/C50H35N/c1-3-13-36(14-4-1)42-20-11-21-43(35-42)37-25-30-44(31-26-37)51(49-24-12-19-38-17-7-9-22-46(38)49)45-32-27-41(28-33-45)50-47-23-10-8-18-40(47)29-34-48(50)39-15-5-2-6-16-39/h1-35H. The summed E-state index contributed by atoms with van der Waals surface area (Å²) in [7, 11) is 0. The van der Waals surface area contributed by atoms with E-state index in [1.54, 1.807) is 0 Å². The zero-order valence-electron chi connectivity index (χ0n) is 28.2. The molecule has 51 heavy (non-hydrogen) atoms. The van der Waals surface area contributed by atoms with E-state index in [9.17, 15) is 0 Å². The van der Waals surface area contributed by atoms with E-state index in [4.69, 9.17) is 0 Å². The normalized spacial score (nSPS) is 11.1. The topological polar surface area (TPSA) is 3.24 Å². The van der Waals surface area contributed by atoms with Crippen LogP contribution in [0.25, 0.3) is 66.1 Å². The summed E-state index contributed by atoms with van der Waals surface area (Å²) in [5.41, 5.74) is 13.1. The van der Waals surface area contributed by atoms with Crippen LogP contribution in [0.1, 0.15) is 0 Å². The van der Waals surface area contributed by atoms with Crippen molar-refractivity contribution in [3.63, 3.8) is 0 Å². The Morgan fingerprint density at radius 1 is 0.275 bits per heavy atom. The van der Waals surface area contributed by atoms with Gasteiger partial charge in [0.15, 0.2) is 0 Å². The van der Waals surface area contributed by atoms with Crippen LogP contribution in [0.3, 0.4) is 0 Å². The number of benzene rings is 9. The molecule has 0 atom stereocenters. The highest BCUT2D eigenvalue weighted by Crippen LogP contribution is 2.43. The molecule has 9 rings (SSSR count). The molecule has 0 fully saturated rings. The molecule has 0 aliphatic carbocycles. The van der Waals surface area contributed by atoms with Crippen molar-refractivity contribution >= 4 is 38.6 Å². The average molecular weight is 650 g/mol. The van der Waals surface area contributed by atoms with Crippen LogP contribution < -0.4 is 4.90 Å². The molecule has 0 radical (unpaired) electrons. The summed E-state index contributed by atoms with van der Waals surface area (Å²) in [6.45, 7) is 0. The maximum Gasteiger partial charge on any atom is 0.0540 e. The quantitative estimate of drug-likeness (QED) is 0.166. The van der Waals surface area contributed by atoms with Crippen molar-refractivity contribution in [2.45, 2.75) is 0 Å². The second-order valence-corrected chi connectivity index (χ2v) is 12.9. The van der Waals surface area contributed by atoms with Gasteiger partial charge in [0.05, 0.1) is 5.69 Å². The maximum atomic E-state index is 2.39. The van der Waals surface area contributed by atoms with Crippen LogP contribution in [0.2, 0.25) is 0 Å². The molecule has 0 unspecified atom stereocenters. The minimum Gasteiger partial charge on any atom is -0.310 e. The summed E-state index contributed by atoms with van der Waals surface area (Å²) in [5, 5.41) is 4.92. The molecule has 0 spiro atoms. The third kappa shape index (κ3) is 5.86. The third-order valence-corrected chi connectivity index (χ3v) is 9.86. The van der Waals surface area contributed by atoms with E-state index < -0.39 is 0 Å². The molecule has 0 amide bonds. The first-order valence-corrected chi connectivity index (χ1v) is 17.5. The smallest absolute Gasteiger partial charge is 0.0540 e. The lowest BCUT2D eigenvalue weighted by Gasteiger charge is -2.27. The highest BCUT2D eigenvalue weighted by atomic mass is 15.1. The first kappa shape index (κ1) is 30.4. The summed E-state index contributed by atoms with van der Waals surface area (Å²) in [6, 6.07) is 76.6. The third-order valence-electron chi connectivity index (χ3n) is 9.86. The minimum absolute atomic E-state index is 1.11. The van der Waals surface area contributed by atoms with Gasteiger partial charge < -0.3 is 4.90 Å². The zero-order chi connectivity index (χ0) is 34.0. The molecule has 0 heterocycles. The van der Waals surface area contributed by atoms with Gasteiger partial charge in [-0.25, -0.2) is 0 Å². The van der Waals surface area contributed by atoms with Gasteiger partial charge in [-0.1, -0.05) is 176 Å². The predicted molar refractivity (Wildman–Crippen MR) is 218 cm³/mol. The molecule has 240 valence electrons. The Morgan fingerprint density at radius 2 is 0.745 bits per heavy atom. The van der Waals surface area contributed by atoms with Crippen LogP contribution in [-0.2, 0) is 0 Å². The van der Waals surface area contributed by atoms with Gasteiger partial charge >= 0.3 is 0 Å². The van der Waals surface area contributed by atoms with Crippen molar-refractivity contribution in [1.82, 2.24) is 0 Å². The Kier molecular flexibility index (Phi) is 7.92. The molecule has 0 aliphatic rings. The molecule has 0 aliphatic heterocycles. The van der Waals surface area contributed by atoms with Crippen molar-refractivity contribution in [3.8, 4) is 44.5 Å². The Balaban J connectivity index is 1.15. The van der Waals surface area contributed by atoms with E-state index in [1.807, 2.05) is 0 Å². The Hall–Kier alpha value is -6.70. The minimum atomic E-state index is 1.11. The summed E-state index contributed by atoms with van der Waals surface area (Å²) >= 11 is 0. The lowest BCUT2D eigenvalue weighted by Crippen LogP contribution is -2.10. The molecular weight excluding hydrogens is 615 g/mol. The Morgan fingerprint density at radius 3 is 1.41 bits per heavy atom. The molecule has 0 aromatic heterocycles. The highest BCUT2D eigenvalue weighted by molar-refractivity contribution is 6.05. The zero-order valence-corrected chi connectivity index (χ0v) is 28.2. The van der Waals surface area contributed by atoms with Gasteiger partial charge in [0, 0.05) is 16.8 Å². The number of anilines is 3. The molecule has 9 aromatic carbocycles. The molecule has 1 nitrogen and oxygen atoms in total. The van der Waals surface area contributed by atoms with Crippen molar-refractivity contribution in [2.75, 3.05) is 4.90 Å². The van der Waals surface area contributed by atoms with Gasteiger partial charge in [-0.15, -0.1) is 0 Å². The lowest BCUT2D eigenvalue weighted by molar-refractivity contribution is 1.30. The Bertz CT molecular complexity index is 2600. The molecular formula is C50H35N. The van der Waals surface area contributed by atoms with Gasteiger partial charge in [0.2, 0.25) is 0 Å². The second kappa shape index (κ2) is 13.3. The van der Waals surface area contributed by atoms with E-state index in [0.29, 0.717) is 0 Å². The number of nitrogens with zero attached hydrogens (tertiary/aromatic N) is 1. The van der Waals surface area contributed by atoms with Crippen LogP contribution >= 0.6 is 0 Å². The van der Waals surface area contributed by atoms with Crippen LogP contribution in [-0.4, -0.2) is 0 Å². The average Bonchev–Trinajstić information content (AvgIpc) is 3.22. The van der Waals surface area contributed by atoms with E-state index in [1.165, 1.54) is 66.1 Å². The van der Waals surface area contributed by atoms with Crippen LogP contribution in [0.5, 0.6) is 0 Å². The van der Waals surface area contributed by atoms with Crippen LogP contribution in [0.15, 0.2) is 212 Å². The summed E-state index contributed by atoms with van der Waals surface area (Å²) in [4.78, 5) is 2.39. The van der Waals surface area contributed by atoms with Crippen LogP contribution in [0, 0.1) is 0 Å². The van der Waals surface area contributed by atoms with E-state index in [2.05, 4.69) is 217 Å². The van der Waals surface area contributed by atoms with Crippen LogP contribution in [0.4, 0.5) is 17.1 Å². The molecule has 0 N–H and O–H groups in total. The SMILES string of the molecule is c1ccc(-c2cccc(-c3ccc(N(c4ccc(-c5c(-c6ccccc6)ccc6ccccc56)cc4)c4cccc5ccccc45)cc3)c2)cc1. The van der Waals surface area contributed by atoms with E-state index in [-0.39, 0.29) is 0 Å². The summed E-state index contributed by atoms with van der Waals surface area (Å²) in [5.74, 6) is 0. The first-order chi connectivity index (χ1) is 25.3. The highest BCUT2D eigenvalue weighted by Gasteiger charge is 2.17. The molecule has 0 saturated carbocycles. The fourth-order valence-corrected chi connectivity index (χ4v) is 7.36. The largest absolute Gasteiger partial charge is 0.310 e. The number of fused-ring (bicyclic) bond motifs is 2. The fraction of sp³-hybridized carbons (Fsp3) is 0. The van der Waals surface area contributed by atoms with E-state index in [0.717, 1.165) is 17.1 Å². The summed E-state index contributed by atoms with van der Waals surface area (Å²) in [6.07, 6.45) is 0. The molecule has 0 saturated heterocycles. The molecule has 1 heteroatoms. The number of hydrogen-bond donors (Lipinski definition) is 0. The Labute approximate surface area is 299 Å². The molecule has 9 aromatic rings. The van der Waals surface area contributed by atoms with Crippen molar-refractivity contribution < 1.29 is 0 Å². The fourth-order valence-electron chi connectivity index (χ4n) is 7.36. The monoisotopic (exact) mass is 649 g/mol. The summed E-state index contributed by atoms with van der Waals surface area (Å²) < 4.78 is 0. The number of hydrogen-bond acceptors (Lipinski definition) is 1.